The van der Waals surface area contributed by atoms with Crippen LogP contribution in [0.5, 0.6) is 28.9 Å². The van der Waals surface area contributed by atoms with Crippen LogP contribution >= 0.6 is 34.7 Å². The van der Waals surface area contributed by atoms with Crippen molar-refractivity contribution in [2.45, 2.75) is 120 Å². The Labute approximate surface area is 847 Å². The monoisotopic (exact) mass is 2120 g/mol. The van der Waals surface area contributed by atoms with Crippen molar-refractivity contribution in [3.05, 3.63) is 358 Å². The predicted molar refractivity (Wildman–Crippen MR) is 510 cm³/mol. The second-order valence-electron chi connectivity index (χ2n) is 32.9. The fourth-order valence-electron chi connectivity index (χ4n) is 15.4. The normalized spacial score (nSPS) is 16.9. The van der Waals surface area contributed by atoms with Gasteiger partial charge in [0.25, 0.3) is 28.9 Å². The van der Waals surface area contributed by atoms with Crippen LogP contribution in [0.4, 0.5) is 81.6 Å². The van der Waals surface area contributed by atoms with Crippen molar-refractivity contribution in [1.29, 1.82) is 0 Å². The molecule has 0 bridgehead atoms. The molecular weight excluding hydrogens is 2040 g/mol. The van der Waals surface area contributed by atoms with E-state index in [1.807, 2.05) is 27.7 Å². The number of rotatable bonds is 23. The molecule has 4 N–H and O–H groups in total. The SMILES string of the molecule is CC(C)c1ccc(C(O)=C2C(=O)C(=O)N(c3ccc(Cl)nn3)C2c2ccc(OC(F)(F)F)cc2)cc1.CC(C)c1ccc(C(O)=C2C(=O)C(=O)N(c3ccc(Sc4ccc([N+](=O)[O-])cc4)nn3)C2c2ccc(OC(F)(F)F)cc2)cc1.COc1ccc(C(O)=C2C(=O)C(=O)N(c3ccc(C)nn3)C2c2ccc(OC(F)(F)F)cc2)cn1.Cc1ccc(N2C(=O)C(O)=C(C(=O)c3ncc(C)s3)C2c2ccc(OC(F)(F)F)cc2)nn1. The first-order chi connectivity index (χ1) is 70.4. The van der Waals surface area contributed by atoms with Crippen LogP contribution in [-0.4, -0.2) is 155 Å². The third-order valence-electron chi connectivity index (χ3n) is 22.3. The summed E-state index contributed by atoms with van der Waals surface area (Å²) in [6.45, 7) is 13.1. The minimum Gasteiger partial charge on any atom is -0.507 e. The number of hydrogen-bond acceptors (Lipinski definition) is 31. The zero-order chi connectivity index (χ0) is 108. The number of carbonyl (C=O) groups is 8. The standard InChI is InChI=1S/C31H23F3N4O6S.C25H19ClF3N3O4.C23H17F3N4O5.C21H15F3N4O4S/c1-17(2)18-3-5-20(6-4-18)28(39)26-27(19-7-11-22(12-8-19)44-31(32,33)34)37(30(41)29(26)40)24-15-16-25(36-35-24)45-23-13-9-21(10-14-23)38(42)43;1-13(2)14-3-5-16(6-4-14)22(33)20-21(15-7-9-17(10-8-15)36-25(27,28)29)32(24(35)23(20)34)19-12-11-18(26)30-31-19;1-12-3-9-16(29-28-12)30-19(13-4-7-15(8-5-13)35-23(24,25)26)18(21(32)22(30)33)20(31)14-6-10-17(34-2)27-11-14;1-10-3-8-14(27-26-10)28-16(12-4-6-13(7-5-12)32-21(22,23)24)15(18(30)20(28)31)17(29)19-25-9-11(2)33-19/h3-17,27,39H,1-2H3;3-13,21,33H,1-2H3;3-11,19,31H,1-2H3;3-9,16,30H,1-2H3. The van der Waals surface area contributed by atoms with Gasteiger partial charge in [-0.15, -0.1) is 94.6 Å². The molecule has 10 heterocycles. The molecule has 0 aliphatic carbocycles. The molecular formula is C100H74ClF12N15O19S2. The van der Waals surface area contributed by atoms with E-state index in [4.69, 9.17) is 16.3 Å². The maximum Gasteiger partial charge on any atom is 0.573 e. The molecule has 13 aromatic rings. The highest BCUT2D eigenvalue weighted by atomic mass is 35.5. The number of halogens is 13. The van der Waals surface area contributed by atoms with Crippen LogP contribution in [0.1, 0.15) is 140 Å². The number of Topliss-reactive ketones (excluding diaryl/α,β-unsaturated/α-hetero) is 4. The van der Waals surface area contributed by atoms with E-state index in [-0.39, 0.29) is 113 Å². The van der Waals surface area contributed by atoms with Crippen LogP contribution in [0.2, 0.25) is 5.15 Å². The van der Waals surface area contributed by atoms with Crippen LogP contribution in [0.3, 0.4) is 0 Å². The molecule has 0 saturated carbocycles. The molecule has 3 fully saturated rings. The van der Waals surface area contributed by atoms with Crippen LogP contribution in [-0.2, 0) is 33.6 Å². The van der Waals surface area contributed by atoms with E-state index in [0.29, 0.717) is 26.9 Å². The van der Waals surface area contributed by atoms with Crippen LogP contribution < -0.4 is 43.3 Å². The van der Waals surface area contributed by atoms with Crippen molar-refractivity contribution < 1.29 is 140 Å². The lowest BCUT2D eigenvalue weighted by Crippen LogP contribution is -2.32. The number of aliphatic hydroxyl groups excluding tert-OH is 4. The van der Waals surface area contributed by atoms with Gasteiger partial charge in [-0.1, -0.05) is 148 Å². The van der Waals surface area contributed by atoms with Gasteiger partial charge in [0, 0.05) is 57.1 Å². The minimum atomic E-state index is -4.93. The Morgan fingerprint density at radius 3 is 1.06 bits per heavy atom. The molecule has 4 aliphatic rings. The van der Waals surface area contributed by atoms with Crippen molar-refractivity contribution >= 4 is 128 Å². The lowest BCUT2D eigenvalue weighted by Gasteiger charge is -2.25. The number of ketones is 4. The predicted octanol–water partition coefficient (Wildman–Crippen LogP) is 20.9. The molecule has 6 aromatic heterocycles. The van der Waals surface area contributed by atoms with Gasteiger partial charge >= 0.3 is 43.2 Å². The van der Waals surface area contributed by atoms with Crippen LogP contribution in [0, 0.1) is 30.9 Å². The molecule has 4 unspecified atom stereocenters. The van der Waals surface area contributed by atoms with Crippen LogP contribution in [0.25, 0.3) is 17.3 Å². The van der Waals surface area contributed by atoms with E-state index in [2.05, 4.69) is 69.7 Å². The number of ether oxygens (including phenoxy) is 5. The van der Waals surface area contributed by atoms with Gasteiger partial charge in [0.05, 0.1) is 69.9 Å². The Kier molecular flexibility index (Phi) is 31.9. The van der Waals surface area contributed by atoms with Gasteiger partial charge in [-0.3, -0.25) is 68.1 Å². The average molecular weight is 2120 g/mol. The summed E-state index contributed by atoms with van der Waals surface area (Å²) in [7, 11) is 1.40. The van der Waals surface area contributed by atoms with Crippen molar-refractivity contribution in [1.82, 2.24) is 50.8 Å². The number of methoxy groups -OCH3 is 1. The Bertz CT molecular complexity index is 7390. The summed E-state index contributed by atoms with van der Waals surface area (Å²) >= 11 is 8.03. The number of aryl methyl sites for hydroxylation is 3. The lowest BCUT2D eigenvalue weighted by molar-refractivity contribution is -0.384. The van der Waals surface area contributed by atoms with E-state index in [9.17, 15) is 122 Å². The zero-order valence-corrected chi connectivity index (χ0v) is 80.3. The van der Waals surface area contributed by atoms with Gasteiger partial charge in [-0.25, -0.2) is 9.97 Å². The molecule has 4 aliphatic heterocycles. The van der Waals surface area contributed by atoms with Crippen LogP contribution in [0.15, 0.2) is 281 Å². The Morgan fingerprint density at radius 1 is 0.416 bits per heavy atom. The van der Waals surface area contributed by atoms with E-state index in [0.717, 1.165) is 107 Å². The number of thiazole rings is 1. The second kappa shape index (κ2) is 44.2. The number of nitrogens with zero attached hydrogens (tertiary/aromatic N) is 15. The molecule has 0 spiro atoms. The van der Waals surface area contributed by atoms with E-state index >= 15 is 0 Å². The quantitative estimate of drug-likeness (QED) is 0.00878. The molecule has 766 valence electrons. The number of aliphatic hydroxyl groups is 4. The Hall–Kier alpha value is -17.4. The summed E-state index contributed by atoms with van der Waals surface area (Å²) in [5.74, 6) is -11.1. The van der Waals surface area contributed by atoms with E-state index in [1.54, 1.807) is 81.4 Å². The third kappa shape index (κ3) is 25.0. The first-order valence-electron chi connectivity index (χ1n) is 43.6. The number of anilines is 4. The van der Waals surface area contributed by atoms with Crippen molar-refractivity contribution in [2.75, 3.05) is 26.7 Å². The maximum atomic E-state index is 13.4. The van der Waals surface area contributed by atoms with Gasteiger partial charge in [-0.2, -0.15) is 10.2 Å². The summed E-state index contributed by atoms with van der Waals surface area (Å²) in [5, 5.41) is 87.1. The van der Waals surface area contributed by atoms with Gasteiger partial charge in [0.1, 0.15) is 45.3 Å². The number of alkyl halides is 12. The highest BCUT2D eigenvalue weighted by Crippen LogP contribution is 2.49. The number of benzene rings is 7. The summed E-state index contributed by atoms with van der Waals surface area (Å²) in [4.78, 5) is 129. The lowest BCUT2D eigenvalue weighted by atomic mass is 9.94. The van der Waals surface area contributed by atoms with Crippen molar-refractivity contribution in [3.63, 3.8) is 0 Å². The highest BCUT2D eigenvalue weighted by Gasteiger charge is 2.53. The molecule has 4 amide bonds. The molecule has 17 rings (SSSR count). The van der Waals surface area contributed by atoms with Gasteiger partial charge in [0.15, 0.2) is 39.2 Å². The summed E-state index contributed by atoms with van der Waals surface area (Å²) in [6.07, 6.45) is -16.9. The maximum absolute atomic E-state index is 13.4. The molecule has 149 heavy (non-hydrogen) atoms. The average Bonchev–Trinajstić information content (AvgIpc) is 1.61. The largest absolute Gasteiger partial charge is 0.573 e. The summed E-state index contributed by atoms with van der Waals surface area (Å²) in [5.41, 5.74) is 3.53. The Balaban J connectivity index is 0.000000158. The first kappa shape index (κ1) is 107. The number of amides is 4. The number of non-ortho nitro benzene ring substituents is 1. The number of pyridine rings is 1. The topological polar surface area (TPSA) is 449 Å². The molecule has 0 radical (unpaired) electrons. The highest BCUT2D eigenvalue weighted by molar-refractivity contribution is 7.99. The number of carbonyl (C=O) groups excluding carboxylic acids is 8. The van der Waals surface area contributed by atoms with Gasteiger partial charge in [-0.05, 0) is 181 Å². The third-order valence-corrected chi connectivity index (χ3v) is 24.4. The Morgan fingerprint density at radius 2 is 0.758 bits per heavy atom. The summed E-state index contributed by atoms with van der Waals surface area (Å²) < 4.78 is 172. The zero-order valence-electron chi connectivity index (χ0n) is 77.9. The molecule has 4 atom stereocenters. The molecule has 34 nitrogen and oxygen atoms in total. The van der Waals surface area contributed by atoms with E-state index < -0.39 is 147 Å². The minimum absolute atomic E-state index is 0.0187. The van der Waals surface area contributed by atoms with Crippen molar-refractivity contribution in [3.8, 4) is 28.9 Å². The van der Waals surface area contributed by atoms with Crippen molar-refractivity contribution in [2.24, 2.45) is 0 Å². The fraction of sp³-hybridized carbons (Fsp3) is 0.180. The second-order valence-corrected chi connectivity index (χ2v) is 35.6. The van der Waals surface area contributed by atoms with Gasteiger partial charge < -0.3 is 44.1 Å². The number of nitro benzene ring substituents is 1. The molecule has 7 aromatic carbocycles. The number of aromatic nitrogens is 10. The number of nitro groups is 1. The van der Waals surface area contributed by atoms with E-state index in [1.165, 1.54) is 141 Å². The molecule has 3 saturated heterocycles. The molecule has 49 heteroatoms. The summed E-state index contributed by atoms with van der Waals surface area (Å²) in [6, 6.07) is 47.7. The fourth-order valence-corrected chi connectivity index (χ4v) is 17.0. The van der Waals surface area contributed by atoms with Gasteiger partial charge in [0.2, 0.25) is 11.7 Å². The number of hydrogen-bond donors (Lipinski definition) is 4. The first-order valence-corrected chi connectivity index (χ1v) is 45.6. The smallest absolute Gasteiger partial charge is 0.507 e.